The van der Waals surface area contributed by atoms with Crippen LogP contribution in [0.2, 0.25) is 0 Å². The highest BCUT2D eigenvalue weighted by Crippen LogP contribution is 2.37. The monoisotopic (exact) mass is 423 g/mol. The molecule has 0 radical (unpaired) electrons. The average Bonchev–Trinajstić information content (AvgIpc) is 3.04. The van der Waals surface area contributed by atoms with Gasteiger partial charge in [0.2, 0.25) is 0 Å². The molecule has 1 aromatic carbocycles. The summed E-state index contributed by atoms with van der Waals surface area (Å²) < 4.78 is 6.90. The molecule has 0 atom stereocenters. The van der Waals surface area contributed by atoms with E-state index in [-0.39, 0.29) is 5.41 Å². The molecule has 0 saturated heterocycles. The third-order valence-corrected chi connectivity index (χ3v) is 4.78. The summed E-state index contributed by atoms with van der Waals surface area (Å²) in [5.41, 5.74) is 1.23. The van der Waals surface area contributed by atoms with Gasteiger partial charge in [-0.15, -0.1) is 0 Å². The maximum Gasteiger partial charge on any atom is 0.413 e. The van der Waals surface area contributed by atoms with E-state index in [4.69, 9.17) is 9.84 Å². The number of hydrogen-bond donors (Lipinski definition) is 1. The van der Waals surface area contributed by atoms with Crippen LogP contribution in [0.4, 0.5) is 10.6 Å². The van der Waals surface area contributed by atoms with Crippen molar-refractivity contribution in [1.82, 2.24) is 19.7 Å². The van der Waals surface area contributed by atoms with E-state index in [1.165, 1.54) is 12.0 Å². The lowest BCUT2D eigenvalue weighted by Gasteiger charge is -2.33. The zero-order chi connectivity index (χ0) is 23.1. The molecule has 0 aliphatic rings. The van der Waals surface area contributed by atoms with Gasteiger partial charge in [0.25, 0.3) is 0 Å². The predicted octanol–water partition coefficient (Wildman–Crippen LogP) is 5.01. The average molecular weight is 424 g/mol. The maximum atomic E-state index is 12.4. The summed E-state index contributed by atoms with van der Waals surface area (Å²) in [5, 5.41) is 15.0. The minimum absolute atomic E-state index is 0.295. The van der Waals surface area contributed by atoms with Gasteiger partial charge in [-0.05, 0) is 32.9 Å². The van der Waals surface area contributed by atoms with Crippen molar-refractivity contribution in [2.24, 2.45) is 0 Å². The third kappa shape index (κ3) is 4.10. The Hall–Kier alpha value is -3.42. The van der Waals surface area contributed by atoms with Crippen molar-refractivity contribution in [2.45, 2.75) is 52.5 Å². The number of fused-ring (bicyclic) bond motifs is 1. The first-order valence-electron chi connectivity index (χ1n) is 9.99. The lowest BCUT2D eigenvalue weighted by molar-refractivity contribution is 0.195. The summed E-state index contributed by atoms with van der Waals surface area (Å²) in [5.74, 6) is 0.940. The topological polar surface area (TPSA) is 93.4 Å². The SMILES string of the molecule is C=C(OC)c1nc(C(C)(C)C)c2nn(-c3ccccc3)c(N(C(=O)O)C(C)(C)C)c2n1. The second-order valence-electron chi connectivity index (χ2n) is 9.33. The van der Waals surface area contributed by atoms with Gasteiger partial charge in [-0.3, -0.25) is 4.90 Å². The largest absolute Gasteiger partial charge is 0.493 e. The fourth-order valence-corrected chi connectivity index (χ4v) is 3.34. The number of rotatable bonds is 4. The number of benzene rings is 1. The van der Waals surface area contributed by atoms with E-state index in [0.717, 1.165) is 5.69 Å². The second-order valence-corrected chi connectivity index (χ2v) is 9.33. The normalized spacial score (nSPS) is 12.1. The van der Waals surface area contributed by atoms with Crippen LogP contribution in [0.25, 0.3) is 22.5 Å². The first kappa shape index (κ1) is 22.3. The summed E-state index contributed by atoms with van der Waals surface area (Å²) >= 11 is 0. The summed E-state index contributed by atoms with van der Waals surface area (Å²) in [6, 6.07) is 9.39. The van der Waals surface area contributed by atoms with Crippen molar-refractivity contribution in [3.05, 3.63) is 48.4 Å². The minimum Gasteiger partial charge on any atom is -0.493 e. The van der Waals surface area contributed by atoms with Crippen LogP contribution >= 0.6 is 0 Å². The van der Waals surface area contributed by atoms with Crippen LogP contribution in [0.15, 0.2) is 36.9 Å². The number of para-hydroxylation sites is 1. The van der Waals surface area contributed by atoms with Crippen molar-refractivity contribution >= 4 is 28.7 Å². The molecule has 1 N–H and O–H groups in total. The fourth-order valence-electron chi connectivity index (χ4n) is 3.34. The zero-order valence-electron chi connectivity index (χ0n) is 19.1. The van der Waals surface area contributed by atoms with Gasteiger partial charge < -0.3 is 9.84 Å². The smallest absolute Gasteiger partial charge is 0.413 e. The van der Waals surface area contributed by atoms with Gasteiger partial charge in [0.15, 0.2) is 17.4 Å². The van der Waals surface area contributed by atoms with E-state index in [1.807, 2.05) is 71.9 Å². The number of carbonyl (C=O) groups is 1. The zero-order valence-corrected chi connectivity index (χ0v) is 19.1. The molecule has 2 heterocycles. The number of anilines is 1. The molecular weight excluding hydrogens is 394 g/mol. The molecule has 31 heavy (non-hydrogen) atoms. The molecule has 2 aromatic heterocycles. The highest BCUT2D eigenvalue weighted by molar-refractivity contribution is 5.99. The Bertz CT molecular complexity index is 1140. The van der Waals surface area contributed by atoms with Gasteiger partial charge in [0.1, 0.15) is 11.0 Å². The van der Waals surface area contributed by atoms with Gasteiger partial charge in [-0.2, -0.15) is 5.10 Å². The molecule has 0 aliphatic carbocycles. The predicted molar refractivity (Wildman–Crippen MR) is 122 cm³/mol. The van der Waals surface area contributed by atoms with Gasteiger partial charge in [-0.1, -0.05) is 45.5 Å². The van der Waals surface area contributed by atoms with Crippen molar-refractivity contribution < 1.29 is 14.6 Å². The first-order valence-corrected chi connectivity index (χ1v) is 9.99. The first-order chi connectivity index (χ1) is 14.4. The highest BCUT2D eigenvalue weighted by Gasteiger charge is 2.36. The second kappa shape index (κ2) is 7.68. The highest BCUT2D eigenvalue weighted by atomic mass is 16.5. The molecule has 0 unspecified atom stereocenters. The van der Waals surface area contributed by atoms with E-state index < -0.39 is 11.6 Å². The number of ether oxygens (including phenoxy) is 1. The standard InChI is InChI=1S/C23H29N5O3/c1-14(31-8)19-24-17-16(18(25-19)22(2,3)4)26-28(15-12-10-9-11-13-15)20(17)27(21(29)30)23(5,6)7/h9-13H,1H2,2-8H3,(H,29,30). The molecule has 1 amide bonds. The molecule has 8 heteroatoms. The van der Waals surface area contributed by atoms with Crippen LogP contribution < -0.4 is 4.90 Å². The van der Waals surface area contributed by atoms with E-state index in [2.05, 4.69) is 16.5 Å². The van der Waals surface area contributed by atoms with Crippen molar-refractivity contribution in [2.75, 3.05) is 12.0 Å². The Kier molecular flexibility index (Phi) is 5.52. The molecule has 3 rings (SSSR count). The summed E-state index contributed by atoms with van der Waals surface area (Å²) in [4.78, 5) is 23.1. The third-order valence-electron chi connectivity index (χ3n) is 4.78. The van der Waals surface area contributed by atoms with E-state index in [0.29, 0.717) is 34.1 Å². The lowest BCUT2D eigenvalue weighted by Crippen LogP contribution is -2.46. The Labute approximate surface area is 182 Å². The van der Waals surface area contributed by atoms with Crippen LogP contribution in [0.3, 0.4) is 0 Å². The Morgan fingerprint density at radius 1 is 1.06 bits per heavy atom. The van der Waals surface area contributed by atoms with Crippen LogP contribution in [-0.4, -0.2) is 43.6 Å². The van der Waals surface area contributed by atoms with Crippen LogP contribution in [0, 0.1) is 0 Å². The van der Waals surface area contributed by atoms with Crippen molar-refractivity contribution in [3.8, 4) is 5.69 Å². The van der Waals surface area contributed by atoms with Crippen LogP contribution in [-0.2, 0) is 10.2 Å². The molecule has 0 fully saturated rings. The minimum atomic E-state index is -1.10. The van der Waals surface area contributed by atoms with Crippen molar-refractivity contribution in [3.63, 3.8) is 0 Å². The Morgan fingerprint density at radius 2 is 1.68 bits per heavy atom. The van der Waals surface area contributed by atoms with E-state index in [1.54, 1.807) is 4.68 Å². The number of carboxylic acid groups (broad SMARTS) is 1. The molecule has 3 aromatic rings. The molecule has 0 aliphatic heterocycles. The van der Waals surface area contributed by atoms with E-state index >= 15 is 0 Å². The summed E-state index contributed by atoms with van der Waals surface area (Å²) in [6.07, 6.45) is -1.10. The lowest BCUT2D eigenvalue weighted by atomic mass is 9.91. The molecule has 0 saturated carbocycles. The molecular formula is C23H29N5O3. The molecule has 0 bridgehead atoms. The molecule has 8 nitrogen and oxygen atoms in total. The number of aromatic nitrogens is 4. The molecule has 0 spiro atoms. The van der Waals surface area contributed by atoms with Gasteiger partial charge >= 0.3 is 6.09 Å². The van der Waals surface area contributed by atoms with Gasteiger partial charge in [0.05, 0.1) is 18.5 Å². The van der Waals surface area contributed by atoms with Gasteiger partial charge in [-0.25, -0.2) is 19.4 Å². The van der Waals surface area contributed by atoms with E-state index in [9.17, 15) is 9.90 Å². The Morgan fingerprint density at radius 3 is 2.16 bits per heavy atom. The molecule has 164 valence electrons. The van der Waals surface area contributed by atoms with Crippen molar-refractivity contribution in [1.29, 1.82) is 0 Å². The number of hydrogen-bond acceptors (Lipinski definition) is 5. The van der Waals surface area contributed by atoms with Crippen LogP contribution in [0.1, 0.15) is 53.1 Å². The quantitative estimate of drug-likeness (QED) is 0.593. The van der Waals surface area contributed by atoms with Gasteiger partial charge in [0, 0.05) is 11.0 Å². The van der Waals surface area contributed by atoms with Crippen LogP contribution in [0.5, 0.6) is 0 Å². The maximum absolute atomic E-state index is 12.4. The summed E-state index contributed by atoms with van der Waals surface area (Å²) in [7, 11) is 1.50. The number of amides is 1. The number of nitrogens with zero attached hydrogens (tertiary/aromatic N) is 5. The fraction of sp³-hybridized carbons (Fsp3) is 0.391. The Balaban J connectivity index is 2.54. The summed E-state index contributed by atoms with van der Waals surface area (Å²) in [6.45, 7) is 15.4. The number of methoxy groups -OCH3 is 1.